The van der Waals surface area contributed by atoms with E-state index in [1.165, 1.54) is 64.6 Å². The average molecular weight is 598 g/mol. The topological polar surface area (TPSA) is 157 Å². The normalized spacial score (nSPS) is 20.8. The molecule has 10 heteroatoms. The molecule has 0 radical (unpaired) electrons. The van der Waals surface area contributed by atoms with E-state index in [2.05, 4.69) is 22.9 Å². The lowest BCUT2D eigenvalue weighted by Crippen LogP contribution is -2.55. The Morgan fingerprint density at radius 1 is 0.929 bits per heavy atom. The maximum absolute atomic E-state index is 12.9. The van der Waals surface area contributed by atoms with Crippen LogP contribution in [0.25, 0.3) is 0 Å². The van der Waals surface area contributed by atoms with Gasteiger partial charge < -0.3 is 36.0 Å². The van der Waals surface area contributed by atoms with Crippen LogP contribution in [-0.2, 0) is 19.1 Å². The zero-order valence-electron chi connectivity index (χ0n) is 26.7. The number of ether oxygens (including phenoxy) is 1. The molecule has 0 saturated carbocycles. The lowest BCUT2D eigenvalue weighted by atomic mass is 9.94. The standard InChI is InChI=1S/C32H59N3O7/c1-6-7-8-9-10-11-12-13-14-15-16-17-26(37)34-23-18-19-24(30(40)33-22-23)35-31(41)29(42-5)28(39)27(38)25(36)20-21-32(2,3)4/h20-21,23-25,27-29,36,38-39H,6-19,22H2,1-5H3,(H,33,40)(H,34,37)(H,35,41)/b21-20+/t23-,24-,25+,27-,28+,29+/m0/s1. The monoisotopic (exact) mass is 597 g/mol. The zero-order chi connectivity index (χ0) is 31.5. The van der Waals surface area contributed by atoms with E-state index >= 15 is 0 Å². The van der Waals surface area contributed by atoms with Crippen LogP contribution in [0.15, 0.2) is 12.2 Å². The molecule has 1 saturated heterocycles. The number of amides is 3. The van der Waals surface area contributed by atoms with E-state index in [0.717, 1.165) is 19.3 Å². The smallest absolute Gasteiger partial charge is 0.252 e. The van der Waals surface area contributed by atoms with Crippen molar-refractivity contribution in [3.63, 3.8) is 0 Å². The minimum Gasteiger partial charge on any atom is -0.387 e. The van der Waals surface area contributed by atoms with Gasteiger partial charge in [-0.1, -0.05) is 104 Å². The van der Waals surface area contributed by atoms with Crippen molar-refractivity contribution in [2.45, 2.75) is 154 Å². The van der Waals surface area contributed by atoms with Crippen molar-refractivity contribution in [3.8, 4) is 0 Å². The summed E-state index contributed by atoms with van der Waals surface area (Å²) in [6, 6.07) is -1.13. The number of hydrogen-bond donors (Lipinski definition) is 6. The summed E-state index contributed by atoms with van der Waals surface area (Å²) in [5, 5.41) is 39.5. The van der Waals surface area contributed by atoms with Gasteiger partial charge in [0, 0.05) is 26.1 Å². The minimum absolute atomic E-state index is 0.0386. The van der Waals surface area contributed by atoms with Gasteiger partial charge in [-0.15, -0.1) is 0 Å². The molecule has 1 aliphatic rings. The first kappa shape index (κ1) is 38.0. The molecule has 6 N–H and O–H groups in total. The summed E-state index contributed by atoms with van der Waals surface area (Å²) in [7, 11) is 1.20. The molecule has 0 aromatic heterocycles. The van der Waals surface area contributed by atoms with Crippen LogP contribution in [0.5, 0.6) is 0 Å². The quantitative estimate of drug-likeness (QED) is 0.0929. The van der Waals surface area contributed by atoms with Crippen LogP contribution >= 0.6 is 0 Å². The van der Waals surface area contributed by atoms with Crippen molar-refractivity contribution < 1.29 is 34.4 Å². The minimum atomic E-state index is -1.73. The highest BCUT2D eigenvalue weighted by atomic mass is 16.5. The number of carbonyl (C=O) groups excluding carboxylic acids is 3. The van der Waals surface area contributed by atoms with E-state index in [9.17, 15) is 29.7 Å². The first-order valence-corrected chi connectivity index (χ1v) is 16.0. The Hall–Kier alpha value is -2.01. The van der Waals surface area contributed by atoms with Crippen LogP contribution in [0, 0.1) is 5.41 Å². The molecule has 0 unspecified atom stereocenters. The van der Waals surface area contributed by atoms with Gasteiger partial charge in [0.15, 0.2) is 6.10 Å². The van der Waals surface area contributed by atoms with Gasteiger partial charge in [0.2, 0.25) is 11.8 Å². The van der Waals surface area contributed by atoms with Crippen molar-refractivity contribution in [3.05, 3.63) is 12.2 Å². The highest BCUT2D eigenvalue weighted by molar-refractivity contribution is 5.90. The summed E-state index contributed by atoms with van der Waals surface area (Å²) in [5.74, 6) is -1.22. The summed E-state index contributed by atoms with van der Waals surface area (Å²) < 4.78 is 5.12. The molecule has 0 bridgehead atoms. The van der Waals surface area contributed by atoms with E-state index in [4.69, 9.17) is 4.74 Å². The first-order valence-electron chi connectivity index (χ1n) is 16.0. The Morgan fingerprint density at radius 3 is 2.05 bits per heavy atom. The number of hydrogen-bond acceptors (Lipinski definition) is 7. The van der Waals surface area contributed by atoms with Crippen molar-refractivity contribution >= 4 is 17.7 Å². The maximum Gasteiger partial charge on any atom is 0.252 e. The summed E-state index contributed by atoms with van der Waals surface area (Å²) in [4.78, 5) is 38.0. The van der Waals surface area contributed by atoms with Crippen LogP contribution in [0.4, 0.5) is 0 Å². The molecule has 0 aromatic carbocycles. The van der Waals surface area contributed by atoms with Crippen LogP contribution in [0.1, 0.15) is 118 Å². The van der Waals surface area contributed by atoms with E-state index in [1.54, 1.807) is 6.08 Å². The van der Waals surface area contributed by atoms with Gasteiger partial charge in [-0.2, -0.15) is 0 Å². The second kappa shape index (κ2) is 20.8. The predicted octanol–water partition coefficient (Wildman–Crippen LogP) is 3.27. The molecular formula is C32H59N3O7. The summed E-state index contributed by atoms with van der Waals surface area (Å²) in [6.07, 6.45) is 11.3. The van der Waals surface area contributed by atoms with Crippen molar-refractivity contribution in [2.75, 3.05) is 13.7 Å². The number of unbranched alkanes of at least 4 members (excludes halogenated alkanes) is 10. The van der Waals surface area contributed by atoms with Crippen LogP contribution in [-0.4, -0.2) is 83.2 Å². The SMILES string of the molecule is CCCCCCCCCCCCCC(=O)N[C@H]1CC[C@H](NC(=O)[C@H](OC)[C@H](O)[C@@H](O)[C@H](O)/C=C/C(C)(C)C)C(=O)NC1. The molecule has 10 nitrogen and oxygen atoms in total. The predicted molar refractivity (Wildman–Crippen MR) is 165 cm³/mol. The number of aliphatic hydroxyl groups is 3. The van der Waals surface area contributed by atoms with Crippen molar-refractivity contribution in [1.82, 2.24) is 16.0 Å². The van der Waals surface area contributed by atoms with Gasteiger partial charge in [-0.3, -0.25) is 14.4 Å². The average Bonchev–Trinajstić information content (AvgIpc) is 3.10. The van der Waals surface area contributed by atoms with E-state index < -0.39 is 42.3 Å². The molecule has 42 heavy (non-hydrogen) atoms. The molecule has 0 aromatic rings. The third kappa shape index (κ3) is 16.0. The highest BCUT2D eigenvalue weighted by Gasteiger charge is 2.37. The maximum atomic E-state index is 12.9. The van der Waals surface area contributed by atoms with Gasteiger partial charge in [0.05, 0.1) is 0 Å². The molecule has 3 amide bonds. The third-order valence-electron chi connectivity index (χ3n) is 7.65. The molecule has 1 rings (SSSR count). The van der Waals surface area contributed by atoms with Gasteiger partial charge in [-0.25, -0.2) is 0 Å². The second-order valence-electron chi connectivity index (χ2n) is 12.8. The lowest BCUT2D eigenvalue weighted by molar-refractivity contribution is -0.150. The van der Waals surface area contributed by atoms with E-state index in [-0.39, 0.29) is 30.3 Å². The van der Waals surface area contributed by atoms with Crippen molar-refractivity contribution in [1.29, 1.82) is 0 Å². The summed E-state index contributed by atoms with van der Waals surface area (Å²) in [5.41, 5.74) is -0.249. The number of rotatable bonds is 20. The summed E-state index contributed by atoms with van der Waals surface area (Å²) in [6.45, 7) is 8.24. The van der Waals surface area contributed by atoms with Crippen molar-refractivity contribution in [2.24, 2.45) is 5.41 Å². The van der Waals surface area contributed by atoms with Crippen LogP contribution < -0.4 is 16.0 Å². The molecule has 0 spiro atoms. The van der Waals surface area contributed by atoms with E-state index in [0.29, 0.717) is 12.8 Å². The number of aliphatic hydroxyl groups excluding tert-OH is 3. The van der Waals surface area contributed by atoms with Gasteiger partial charge in [-0.05, 0) is 24.7 Å². The molecule has 1 fully saturated rings. The summed E-state index contributed by atoms with van der Waals surface area (Å²) >= 11 is 0. The zero-order valence-corrected chi connectivity index (χ0v) is 26.7. The van der Waals surface area contributed by atoms with Gasteiger partial charge in [0.1, 0.15) is 24.4 Å². The largest absolute Gasteiger partial charge is 0.387 e. The molecule has 1 aliphatic heterocycles. The molecule has 1 heterocycles. The Kier molecular flexibility index (Phi) is 18.8. The number of methoxy groups -OCH3 is 1. The number of nitrogens with one attached hydrogen (secondary N) is 3. The molecule has 244 valence electrons. The Bertz CT molecular complexity index is 814. The Labute approximate surface area is 253 Å². The fraction of sp³-hybridized carbons (Fsp3) is 0.844. The molecule has 6 atom stereocenters. The lowest BCUT2D eigenvalue weighted by Gasteiger charge is -2.28. The first-order chi connectivity index (χ1) is 19.9. The van der Waals surface area contributed by atoms with Crippen LogP contribution in [0.3, 0.4) is 0 Å². The second-order valence-corrected chi connectivity index (χ2v) is 12.8. The number of carbonyl (C=O) groups is 3. The van der Waals surface area contributed by atoms with Crippen LogP contribution in [0.2, 0.25) is 0 Å². The Morgan fingerprint density at radius 2 is 1.50 bits per heavy atom. The van der Waals surface area contributed by atoms with Gasteiger partial charge >= 0.3 is 0 Å². The Balaban J connectivity index is 2.41. The number of allylic oxidation sites excluding steroid dienone is 1. The van der Waals surface area contributed by atoms with E-state index in [1.807, 2.05) is 20.8 Å². The highest BCUT2D eigenvalue weighted by Crippen LogP contribution is 2.17. The fourth-order valence-corrected chi connectivity index (χ4v) is 5.00. The molecular weight excluding hydrogens is 538 g/mol. The fourth-order valence-electron chi connectivity index (χ4n) is 5.00. The van der Waals surface area contributed by atoms with Gasteiger partial charge in [0.25, 0.3) is 5.91 Å². The molecule has 0 aliphatic carbocycles. The third-order valence-corrected chi connectivity index (χ3v) is 7.65.